The summed E-state index contributed by atoms with van der Waals surface area (Å²) in [5.41, 5.74) is 1.41. The topological polar surface area (TPSA) is 104 Å². The molecule has 1 saturated carbocycles. The Kier molecular flexibility index (Phi) is 8.77. The summed E-state index contributed by atoms with van der Waals surface area (Å²) in [6.45, 7) is 2.70. The lowest BCUT2D eigenvalue weighted by Gasteiger charge is -2.42. The molecule has 3 atom stereocenters. The molecule has 1 aliphatic heterocycles. The van der Waals surface area contributed by atoms with E-state index >= 15 is 0 Å². The summed E-state index contributed by atoms with van der Waals surface area (Å²) in [6.07, 6.45) is 6.66. The normalized spacial score (nSPS) is 24.1. The van der Waals surface area contributed by atoms with Crippen molar-refractivity contribution < 1.29 is 17.9 Å². The molecule has 1 saturated heterocycles. The molecule has 2 aliphatic rings. The molecule has 2 aromatic rings. The van der Waals surface area contributed by atoms with Crippen LogP contribution < -0.4 is 10.6 Å². The van der Waals surface area contributed by atoms with Crippen molar-refractivity contribution in [3.8, 4) is 0 Å². The Labute approximate surface area is 215 Å². The summed E-state index contributed by atoms with van der Waals surface area (Å²) in [7, 11) is -1.84. The average Bonchev–Trinajstić information content (AvgIpc) is 2.89. The van der Waals surface area contributed by atoms with Gasteiger partial charge in [-0.3, -0.25) is 9.88 Å². The number of aromatic nitrogens is 1. The Bertz CT molecular complexity index is 1080. The quantitative estimate of drug-likeness (QED) is 0.500. The number of carbonyl (C=O) groups excluding carboxylic acids is 1. The second-order valence-corrected chi connectivity index (χ2v) is 12.0. The standard InChI is InChI=1S/C24H32BrN5O4S/c1-34-23-15-20(6-9-22(23)25)29-11-13-30(14-12-29)35(32,33)21-7-4-19(5-8-21)28-24(31)27-17-18-3-2-10-26-16-18/h2-5,7-8,10,16,20,22-23H,6,9,11-15,17H2,1H3,(H2,27,28,31). The summed E-state index contributed by atoms with van der Waals surface area (Å²) in [5.74, 6) is 0. The van der Waals surface area contributed by atoms with Gasteiger partial charge in [-0.1, -0.05) is 22.0 Å². The van der Waals surface area contributed by atoms with Crippen LogP contribution in [0, 0.1) is 0 Å². The molecule has 1 aliphatic carbocycles. The third kappa shape index (κ3) is 6.59. The van der Waals surface area contributed by atoms with Crippen LogP contribution in [0.4, 0.5) is 10.5 Å². The van der Waals surface area contributed by atoms with E-state index in [9.17, 15) is 13.2 Å². The molecular weight excluding hydrogens is 534 g/mol. The van der Waals surface area contributed by atoms with Crippen LogP contribution in [0.5, 0.6) is 0 Å². The highest BCUT2D eigenvalue weighted by Gasteiger charge is 2.35. The maximum Gasteiger partial charge on any atom is 0.319 e. The largest absolute Gasteiger partial charge is 0.380 e. The maximum atomic E-state index is 13.2. The highest BCUT2D eigenvalue weighted by atomic mass is 79.9. The van der Waals surface area contributed by atoms with E-state index in [1.165, 1.54) is 0 Å². The van der Waals surface area contributed by atoms with Crippen LogP contribution in [0.3, 0.4) is 0 Å². The summed E-state index contributed by atoms with van der Waals surface area (Å²) < 4.78 is 33.5. The first kappa shape index (κ1) is 26.0. The number of ether oxygens (including phenoxy) is 1. The molecule has 9 nitrogen and oxygen atoms in total. The average molecular weight is 567 g/mol. The number of nitrogens with zero attached hydrogens (tertiary/aromatic N) is 3. The number of hydrogen-bond acceptors (Lipinski definition) is 6. The van der Waals surface area contributed by atoms with Gasteiger partial charge in [0.2, 0.25) is 10.0 Å². The van der Waals surface area contributed by atoms with Crippen molar-refractivity contribution in [2.75, 3.05) is 38.6 Å². The van der Waals surface area contributed by atoms with Gasteiger partial charge in [-0.2, -0.15) is 4.31 Å². The molecule has 2 amide bonds. The monoisotopic (exact) mass is 565 g/mol. The number of sulfonamides is 1. The molecule has 4 rings (SSSR count). The van der Waals surface area contributed by atoms with Gasteiger partial charge in [0.15, 0.2) is 0 Å². The molecular formula is C24H32BrN5O4S. The van der Waals surface area contributed by atoms with Crippen LogP contribution in [-0.2, 0) is 21.3 Å². The fraction of sp³-hybridized carbons (Fsp3) is 0.500. The highest BCUT2D eigenvalue weighted by Crippen LogP contribution is 2.31. The zero-order valence-electron chi connectivity index (χ0n) is 19.8. The fourth-order valence-electron chi connectivity index (χ4n) is 4.68. The predicted octanol–water partition coefficient (Wildman–Crippen LogP) is 3.04. The van der Waals surface area contributed by atoms with Gasteiger partial charge in [-0.25, -0.2) is 13.2 Å². The van der Waals surface area contributed by atoms with E-state index in [-0.39, 0.29) is 17.0 Å². The highest BCUT2D eigenvalue weighted by molar-refractivity contribution is 9.09. The zero-order valence-corrected chi connectivity index (χ0v) is 22.2. The van der Waals surface area contributed by atoms with E-state index in [1.807, 2.05) is 6.07 Å². The molecule has 35 heavy (non-hydrogen) atoms. The number of methoxy groups -OCH3 is 1. The van der Waals surface area contributed by atoms with Gasteiger partial charge >= 0.3 is 6.03 Å². The summed E-state index contributed by atoms with van der Waals surface area (Å²) in [4.78, 5) is 19.2. The molecule has 0 radical (unpaired) electrons. The summed E-state index contributed by atoms with van der Waals surface area (Å²) in [6, 6.07) is 10.0. The van der Waals surface area contributed by atoms with Gasteiger partial charge in [0.25, 0.3) is 0 Å². The lowest BCUT2D eigenvalue weighted by Crippen LogP contribution is -2.54. The minimum atomic E-state index is -3.59. The van der Waals surface area contributed by atoms with Crippen molar-refractivity contribution in [1.29, 1.82) is 0 Å². The second kappa shape index (κ2) is 11.8. The van der Waals surface area contributed by atoms with Gasteiger partial charge in [-0.15, -0.1) is 0 Å². The van der Waals surface area contributed by atoms with Crippen molar-refractivity contribution in [2.24, 2.45) is 0 Å². The number of alkyl halides is 1. The van der Waals surface area contributed by atoms with E-state index in [0.717, 1.165) is 24.8 Å². The number of piperazine rings is 1. The molecule has 2 N–H and O–H groups in total. The fourth-order valence-corrected chi connectivity index (χ4v) is 6.79. The Morgan fingerprint density at radius 3 is 2.54 bits per heavy atom. The van der Waals surface area contributed by atoms with Gasteiger partial charge in [0.1, 0.15) is 0 Å². The Morgan fingerprint density at radius 2 is 1.89 bits per heavy atom. The summed E-state index contributed by atoms with van der Waals surface area (Å²) in [5, 5.41) is 5.48. The van der Waals surface area contributed by atoms with E-state index in [0.29, 0.717) is 49.3 Å². The van der Waals surface area contributed by atoms with Gasteiger partial charge in [0.05, 0.1) is 11.0 Å². The van der Waals surface area contributed by atoms with Crippen molar-refractivity contribution in [3.05, 3.63) is 54.4 Å². The second-order valence-electron chi connectivity index (χ2n) is 8.89. The van der Waals surface area contributed by atoms with Crippen molar-refractivity contribution in [1.82, 2.24) is 19.5 Å². The van der Waals surface area contributed by atoms with Crippen LogP contribution in [0.15, 0.2) is 53.7 Å². The van der Waals surface area contributed by atoms with Gasteiger partial charge in [-0.05, 0) is 55.2 Å². The number of urea groups is 1. The molecule has 2 fully saturated rings. The molecule has 0 bridgehead atoms. The molecule has 3 unspecified atom stereocenters. The molecule has 0 spiro atoms. The Hall–Kier alpha value is -2.05. The minimum absolute atomic E-state index is 0.195. The number of pyridine rings is 1. The van der Waals surface area contributed by atoms with Crippen LogP contribution in [0.25, 0.3) is 0 Å². The zero-order chi connectivity index (χ0) is 24.8. The number of anilines is 1. The third-order valence-corrected chi connectivity index (χ3v) is 9.66. The van der Waals surface area contributed by atoms with Crippen molar-refractivity contribution in [3.63, 3.8) is 0 Å². The number of rotatable bonds is 7. The third-order valence-electron chi connectivity index (χ3n) is 6.70. The number of hydrogen-bond donors (Lipinski definition) is 2. The van der Waals surface area contributed by atoms with Gasteiger partial charge in [0, 0.05) is 68.8 Å². The first-order valence-electron chi connectivity index (χ1n) is 11.8. The van der Waals surface area contributed by atoms with Crippen LogP contribution >= 0.6 is 15.9 Å². The number of amides is 2. The Balaban J connectivity index is 1.28. The number of nitrogens with one attached hydrogen (secondary N) is 2. The SMILES string of the molecule is COC1CC(N2CCN(S(=O)(=O)c3ccc(NC(=O)NCc4cccnc4)cc3)CC2)CCC1Br. The maximum absolute atomic E-state index is 13.2. The molecule has 1 aromatic carbocycles. The number of benzene rings is 1. The first-order chi connectivity index (χ1) is 16.9. The van der Waals surface area contributed by atoms with E-state index in [2.05, 4.69) is 36.4 Å². The predicted molar refractivity (Wildman–Crippen MR) is 138 cm³/mol. The van der Waals surface area contributed by atoms with Crippen molar-refractivity contribution in [2.45, 2.75) is 47.7 Å². The van der Waals surface area contributed by atoms with Gasteiger partial charge < -0.3 is 15.4 Å². The molecule has 11 heteroatoms. The van der Waals surface area contributed by atoms with Crippen LogP contribution in [0.1, 0.15) is 24.8 Å². The molecule has 190 valence electrons. The van der Waals surface area contributed by atoms with E-state index in [4.69, 9.17) is 4.74 Å². The number of carbonyl (C=O) groups is 1. The first-order valence-corrected chi connectivity index (χ1v) is 14.2. The minimum Gasteiger partial charge on any atom is -0.380 e. The lowest BCUT2D eigenvalue weighted by molar-refractivity contribution is 0.0246. The molecule has 1 aromatic heterocycles. The Morgan fingerprint density at radius 1 is 1.14 bits per heavy atom. The summed E-state index contributed by atoms with van der Waals surface area (Å²) >= 11 is 3.70. The number of halogens is 1. The molecule has 2 heterocycles. The van der Waals surface area contributed by atoms with Crippen LogP contribution in [0.2, 0.25) is 0 Å². The van der Waals surface area contributed by atoms with E-state index in [1.54, 1.807) is 54.1 Å². The van der Waals surface area contributed by atoms with E-state index < -0.39 is 10.0 Å². The smallest absolute Gasteiger partial charge is 0.319 e. The lowest BCUT2D eigenvalue weighted by atomic mass is 9.91. The van der Waals surface area contributed by atoms with Crippen LogP contribution in [-0.4, -0.2) is 78.9 Å². The van der Waals surface area contributed by atoms with Crippen molar-refractivity contribution >= 4 is 37.7 Å².